The molecule has 0 radical (unpaired) electrons. The number of pyridine rings is 1. The van der Waals surface area contributed by atoms with Crippen molar-refractivity contribution in [1.29, 1.82) is 5.26 Å². The lowest BCUT2D eigenvalue weighted by Crippen LogP contribution is -2.34. The van der Waals surface area contributed by atoms with Crippen molar-refractivity contribution in [1.82, 2.24) is 14.3 Å². The minimum Gasteiger partial charge on any atom is -0.335 e. The number of aromatic nitrogens is 2. The first-order valence-electron chi connectivity index (χ1n) is 10.3. The summed E-state index contributed by atoms with van der Waals surface area (Å²) in [6.07, 6.45) is 3.67. The van der Waals surface area contributed by atoms with E-state index in [4.69, 9.17) is 0 Å². The zero-order valence-electron chi connectivity index (χ0n) is 17.7. The smallest absolute Gasteiger partial charge is 0.243 e. The van der Waals surface area contributed by atoms with Gasteiger partial charge in [0.25, 0.3) is 0 Å². The highest BCUT2D eigenvalue weighted by atomic mass is 32.2. The van der Waals surface area contributed by atoms with Crippen LogP contribution in [0.4, 0.5) is 0 Å². The van der Waals surface area contributed by atoms with Gasteiger partial charge in [-0.05, 0) is 70.7 Å². The number of benzene rings is 1. The van der Waals surface area contributed by atoms with Crippen LogP contribution in [0.3, 0.4) is 0 Å². The highest BCUT2D eigenvalue weighted by Crippen LogP contribution is 2.38. The monoisotopic (exact) mass is 422 g/mol. The molecule has 0 bridgehead atoms. The van der Waals surface area contributed by atoms with Gasteiger partial charge in [0.2, 0.25) is 10.0 Å². The number of rotatable bonds is 6. The maximum absolute atomic E-state index is 13.3. The number of nitrogens with one attached hydrogen (secondary N) is 1. The average Bonchev–Trinajstić information content (AvgIpc) is 3.49. The van der Waals surface area contributed by atoms with Gasteiger partial charge in [-0.15, -0.1) is 0 Å². The van der Waals surface area contributed by atoms with Crippen molar-refractivity contribution in [3.05, 3.63) is 47.7 Å². The first kappa shape index (κ1) is 20.6. The highest BCUT2D eigenvalue weighted by molar-refractivity contribution is 7.89. The molecular weight excluding hydrogens is 396 g/mol. The summed E-state index contributed by atoms with van der Waals surface area (Å²) in [5.41, 5.74) is 3.25. The Balaban J connectivity index is 1.98. The summed E-state index contributed by atoms with van der Waals surface area (Å²) in [5, 5.41) is 10.8. The zero-order chi connectivity index (χ0) is 21.6. The third-order valence-electron chi connectivity index (χ3n) is 5.74. The fraction of sp³-hybridized carbons (Fsp3) is 0.391. The van der Waals surface area contributed by atoms with E-state index in [1.54, 1.807) is 18.3 Å². The number of nitriles is 1. The van der Waals surface area contributed by atoms with Crippen molar-refractivity contribution in [3.63, 3.8) is 0 Å². The van der Waals surface area contributed by atoms with Crippen molar-refractivity contribution < 1.29 is 8.42 Å². The lowest BCUT2D eigenvalue weighted by Gasteiger charge is -2.18. The molecule has 1 atom stereocenters. The molecule has 4 rings (SSSR count). The Morgan fingerprint density at radius 1 is 1.23 bits per heavy atom. The lowest BCUT2D eigenvalue weighted by atomic mass is 10.1. The Morgan fingerprint density at radius 2 is 1.97 bits per heavy atom. The van der Waals surface area contributed by atoms with Crippen LogP contribution in [0, 0.1) is 24.2 Å². The summed E-state index contributed by atoms with van der Waals surface area (Å²) in [4.78, 5) is 4.57. The predicted octanol–water partition coefficient (Wildman–Crippen LogP) is 4.54. The maximum atomic E-state index is 13.3. The Bertz CT molecular complexity index is 1260. The molecule has 3 aromatic rings. The molecule has 0 amide bonds. The predicted molar refractivity (Wildman–Crippen MR) is 118 cm³/mol. The first-order chi connectivity index (χ1) is 14.2. The standard InChI is InChI=1S/C23H26N4O2S/c1-14(2)27-20-10-7-15(3)12-18(20)19(13-24)23(27)22-21(6-5-11-25-22)30(28,29)26-16(4)17-8-9-17/h5-7,10-12,14,16-17,26H,8-9H2,1-4H3/t16-/m0/s1. The largest absolute Gasteiger partial charge is 0.335 e. The van der Waals surface area contributed by atoms with Crippen LogP contribution in [-0.2, 0) is 10.0 Å². The van der Waals surface area contributed by atoms with Gasteiger partial charge >= 0.3 is 0 Å². The Kier molecular flexibility index (Phi) is 5.16. The van der Waals surface area contributed by atoms with Gasteiger partial charge < -0.3 is 4.57 Å². The van der Waals surface area contributed by atoms with Crippen molar-refractivity contribution in [2.45, 2.75) is 57.5 Å². The van der Waals surface area contributed by atoms with Crippen LogP contribution >= 0.6 is 0 Å². The van der Waals surface area contributed by atoms with Gasteiger partial charge in [-0.1, -0.05) is 11.6 Å². The van der Waals surface area contributed by atoms with E-state index in [0.29, 0.717) is 22.9 Å². The van der Waals surface area contributed by atoms with Gasteiger partial charge in [0, 0.05) is 23.7 Å². The Hall–Kier alpha value is -2.69. The van der Waals surface area contributed by atoms with Crippen LogP contribution in [0.5, 0.6) is 0 Å². The van der Waals surface area contributed by atoms with E-state index in [1.807, 2.05) is 50.5 Å². The second-order valence-electron chi connectivity index (χ2n) is 8.42. The van der Waals surface area contributed by atoms with E-state index >= 15 is 0 Å². The van der Waals surface area contributed by atoms with Gasteiger partial charge in [0.1, 0.15) is 16.7 Å². The molecule has 1 aromatic carbocycles. The Labute approximate surface area is 177 Å². The number of nitrogens with zero attached hydrogens (tertiary/aromatic N) is 3. The molecule has 0 saturated heterocycles. The molecule has 2 heterocycles. The molecule has 30 heavy (non-hydrogen) atoms. The minimum absolute atomic E-state index is 0.0169. The van der Waals surface area contributed by atoms with Crippen LogP contribution in [0.1, 0.15) is 50.8 Å². The zero-order valence-corrected chi connectivity index (χ0v) is 18.5. The lowest BCUT2D eigenvalue weighted by molar-refractivity contribution is 0.538. The molecule has 0 spiro atoms. The summed E-state index contributed by atoms with van der Waals surface area (Å²) in [6, 6.07) is 11.4. The van der Waals surface area contributed by atoms with Crippen molar-refractivity contribution in [2.75, 3.05) is 0 Å². The molecule has 156 valence electrons. The van der Waals surface area contributed by atoms with Gasteiger partial charge in [-0.2, -0.15) is 5.26 Å². The SMILES string of the molecule is Cc1ccc2c(c1)c(C#N)c(-c1ncccc1S(=O)(=O)N[C@@H](C)C1CC1)n2C(C)C. The molecule has 7 heteroatoms. The second kappa shape index (κ2) is 7.53. The van der Waals surface area contributed by atoms with Crippen LogP contribution < -0.4 is 4.72 Å². The van der Waals surface area contributed by atoms with Gasteiger partial charge in [0.05, 0.1) is 16.8 Å². The first-order valence-corrected chi connectivity index (χ1v) is 11.7. The van der Waals surface area contributed by atoms with E-state index in [9.17, 15) is 13.7 Å². The summed E-state index contributed by atoms with van der Waals surface area (Å²) in [5.74, 6) is 0.389. The fourth-order valence-electron chi connectivity index (χ4n) is 4.10. The molecule has 0 aliphatic heterocycles. The molecular formula is C23H26N4O2S. The number of aryl methyl sites for hydroxylation is 1. The highest BCUT2D eigenvalue weighted by Gasteiger charge is 2.33. The maximum Gasteiger partial charge on any atom is 0.243 e. The van der Waals surface area contributed by atoms with Crippen molar-refractivity contribution in [2.24, 2.45) is 5.92 Å². The topological polar surface area (TPSA) is 87.8 Å². The molecule has 1 fully saturated rings. The van der Waals surface area contributed by atoms with Crippen molar-refractivity contribution >= 4 is 20.9 Å². The third-order valence-corrected chi connectivity index (χ3v) is 7.33. The summed E-state index contributed by atoms with van der Waals surface area (Å²) >= 11 is 0. The molecule has 2 aromatic heterocycles. The third kappa shape index (κ3) is 3.51. The van der Waals surface area contributed by atoms with Gasteiger partial charge in [-0.25, -0.2) is 13.1 Å². The number of sulfonamides is 1. The van der Waals surface area contributed by atoms with Crippen LogP contribution in [-0.4, -0.2) is 24.0 Å². The van der Waals surface area contributed by atoms with E-state index < -0.39 is 10.0 Å². The Morgan fingerprint density at radius 3 is 2.60 bits per heavy atom. The average molecular weight is 423 g/mol. The molecule has 1 aliphatic rings. The second-order valence-corrected chi connectivity index (χ2v) is 10.1. The van der Waals surface area contributed by atoms with Gasteiger partial charge in [-0.3, -0.25) is 4.98 Å². The normalized spacial score (nSPS) is 15.5. The van der Waals surface area contributed by atoms with Crippen LogP contribution in [0.15, 0.2) is 41.4 Å². The number of hydrogen-bond donors (Lipinski definition) is 1. The van der Waals surface area contributed by atoms with Crippen LogP contribution in [0.2, 0.25) is 0 Å². The number of fused-ring (bicyclic) bond motifs is 1. The molecule has 1 saturated carbocycles. The minimum atomic E-state index is -3.79. The summed E-state index contributed by atoms with van der Waals surface area (Å²) in [7, 11) is -3.79. The van der Waals surface area contributed by atoms with E-state index in [1.165, 1.54) is 0 Å². The quantitative estimate of drug-likeness (QED) is 0.632. The van der Waals surface area contributed by atoms with Gasteiger partial charge in [0.15, 0.2) is 0 Å². The fourth-order valence-corrected chi connectivity index (χ4v) is 5.57. The molecule has 6 nitrogen and oxygen atoms in total. The van der Waals surface area contributed by atoms with E-state index in [0.717, 1.165) is 29.3 Å². The molecule has 0 unspecified atom stereocenters. The number of hydrogen-bond acceptors (Lipinski definition) is 4. The van der Waals surface area contributed by atoms with Crippen molar-refractivity contribution in [3.8, 4) is 17.5 Å². The molecule has 1 N–H and O–H groups in total. The van der Waals surface area contributed by atoms with Crippen LogP contribution in [0.25, 0.3) is 22.3 Å². The summed E-state index contributed by atoms with van der Waals surface area (Å²) in [6.45, 7) is 7.93. The van der Waals surface area contributed by atoms with E-state index in [-0.39, 0.29) is 17.0 Å². The van der Waals surface area contributed by atoms with E-state index in [2.05, 4.69) is 15.8 Å². The summed E-state index contributed by atoms with van der Waals surface area (Å²) < 4.78 is 31.4. The molecule has 1 aliphatic carbocycles.